The Kier molecular flexibility index (Phi) is 6.36. The van der Waals surface area contributed by atoms with E-state index in [9.17, 15) is 18.0 Å². The zero-order valence-electron chi connectivity index (χ0n) is 19.9. The Balaban J connectivity index is 1.44. The number of amides is 2. The summed E-state index contributed by atoms with van der Waals surface area (Å²) in [5, 5.41) is 5.75. The molecule has 1 saturated heterocycles. The Labute approximate surface area is 210 Å². The molecule has 0 spiro atoms. The van der Waals surface area contributed by atoms with Crippen LogP contribution in [0.15, 0.2) is 83.9 Å². The van der Waals surface area contributed by atoms with E-state index in [1.54, 1.807) is 12.2 Å². The Hall–Kier alpha value is -3.56. The van der Waals surface area contributed by atoms with Crippen LogP contribution in [0, 0.1) is 5.92 Å². The molecule has 2 unspecified atom stereocenters. The average Bonchev–Trinajstić information content (AvgIpc) is 3.00. The predicted molar refractivity (Wildman–Crippen MR) is 139 cm³/mol. The predicted octanol–water partition coefficient (Wildman–Crippen LogP) is 2.15. The second kappa shape index (κ2) is 9.48. The third-order valence-corrected chi connectivity index (χ3v) is 8.67. The lowest BCUT2D eigenvalue weighted by molar-refractivity contribution is -0.130. The third kappa shape index (κ3) is 4.64. The minimum atomic E-state index is -3.07. The molecule has 0 saturated carbocycles. The van der Waals surface area contributed by atoms with Gasteiger partial charge in [-0.25, -0.2) is 13.4 Å². The number of hydrogen-bond acceptors (Lipinski definition) is 6. The summed E-state index contributed by atoms with van der Waals surface area (Å²) < 4.78 is 23.9. The fourth-order valence-electron chi connectivity index (χ4n) is 4.98. The number of nitrogens with one attached hydrogen (secondary N) is 2. The maximum absolute atomic E-state index is 13.6. The molecule has 0 bridgehead atoms. The minimum Gasteiger partial charge on any atom is -0.326 e. The standard InChI is InChI=1S/C27H28N4O4S/c1-27(31-15-17-36(34,35)18-16-31)14-8-7-12-21(27)25(32)30-24-26(33)28-22-13-6-5-11-20(22)23(29-24)19-9-3-2-4-10-19/h2-14,21,24H,15-18H2,1H3,(H,28,33)(H,30,32)/t21-,24?,27?/m1/s1. The van der Waals surface area contributed by atoms with Gasteiger partial charge < -0.3 is 10.6 Å². The second-order valence-corrected chi connectivity index (χ2v) is 11.7. The molecule has 2 amide bonds. The van der Waals surface area contributed by atoms with Crippen molar-refractivity contribution < 1.29 is 18.0 Å². The Bertz CT molecular complexity index is 1370. The van der Waals surface area contributed by atoms with Gasteiger partial charge in [0.2, 0.25) is 12.1 Å². The molecule has 1 fully saturated rings. The van der Waals surface area contributed by atoms with Crippen molar-refractivity contribution in [2.45, 2.75) is 18.6 Å². The number of anilines is 1. The molecule has 9 heteroatoms. The van der Waals surface area contributed by atoms with Crippen molar-refractivity contribution in [2.75, 3.05) is 29.9 Å². The average molecular weight is 505 g/mol. The second-order valence-electron chi connectivity index (χ2n) is 9.38. The molecule has 36 heavy (non-hydrogen) atoms. The molecule has 186 valence electrons. The Morgan fingerprint density at radius 2 is 1.75 bits per heavy atom. The molecule has 3 aliphatic rings. The maximum Gasteiger partial charge on any atom is 0.269 e. The maximum atomic E-state index is 13.6. The molecule has 0 radical (unpaired) electrons. The van der Waals surface area contributed by atoms with Gasteiger partial charge in [-0.3, -0.25) is 14.5 Å². The molecule has 1 aliphatic carbocycles. The van der Waals surface area contributed by atoms with Crippen molar-refractivity contribution in [2.24, 2.45) is 10.9 Å². The highest BCUT2D eigenvalue weighted by molar-refractivity contribution is 7.91. The van der Waals surface area contributed by atoms with Crippen molar-refractivity contribution in [1.29, 1.82) is 0 Å². The van der Waals surface area contributed by atoms with E-state index in [1.807, 2.05) is 78.6 Å². The molecule has 2 aliphatic heterocycles. The summed E-state index contributed by atoms with van der Waals surface area (Å²) in [5.41, 5.74) is 2.11. The van der Waals surface area contributed by atoms with Gasteiger partial charge in [-0.1, -0.05) is 72.8 Å². The molecule has 2 heterocycles. The Morgan fingerprint density at radius 1 is 1.06 bits per heavy atom. The lowest BCUT2D eigenvalue weighted by atomic mass is 9.79. The van der Waals surface area contributed by atoms with Crippen LogP contribution in [-0.4, -0.2) is 67.1 Å². The van der Waals surface area contributed by atoms with E-state index < -0.39 is 33.4 Å². The summed E-state index contributed by atoms with van der Waals surface area (Å²) in [5.74, 6) is -1.29. The third-order valence-electron chi connectivity index (χ3n) is 7.06. The first-order chi connectivity index (χ1) is 17.3. The van der Waals surface area contributed by atoms with Crippen LogP contribution in [0.3, 0.4) is 0 Å². The van der Waals surface area contributed by atoms with Crippen LogP contribution in [0.1, 0.15) is 18.1 Å². The number of benzene rings is 2. The zero-order chi connectivity index (χ0) is 25.3. The number of carbonyl (C=O) groups is 2. The molecular weight excluding hydrogens is 476 g/mol. The SMILES string of the molecule is CC1(N2CCS(=O)(=O)CC2)C=CC=C[C@@H]1C(=O)NC1N=C(c2ccccc2)c2ccccc2NC1=O. The highest BCUT2D eigenvalue weighted by Gasteiger charge is 2.44. The van der Waals surface area contributed by atoms with Crippen LogP contribution in [0.2, 0.25) is 0 Å². The zero-order valence-corrected chi connectivity index (χ0v) is 20.7. The van der Waals surface area contributed by atoms with Gasteiger partial charge in [0.1, 0.15) is 0 Å². The van der Waals surface area contributed by atoms with E-state index in [0.717, 1.165) is 11.1 Å². The molecule has 0 aromatic heterocycles. The van der Waals surface area contributed by atoms with Gasteiger partial charge in [-0.2, -0.15) is 0 Å². The number of fused-ring (bicyclic) bond motifs is 1. The van der Waals surface area contributed by atoms with Crippen molar-refractivity contribution in [3.8, 4) is 0 Å². The highest BCUT2D eigenvalue weighted by Crippen LogP contribution is 2.33. The number of rotatable bonds is 4. The molecule has 8 nitrogen and oxygen atoms in total. The van der Waals surface area contributed by atoms with E-state index in [4.69, 9.17) is 4.99 Å². The Morgan fingerprint density at radius 3 is 2.50 bits per heavy atom. The smallest absolute Gasteiger partial charge is 0.269 e. The summed E-state index contributed by atoms with van der Waals surface area (Å²) in [7, 11) is -3.07. The van der Waals surface area contributed by atoms with Gasteiger partial charge in [0.25, 0.3) is 5.91 Å². The summed E-state index contributed by atoms with van der Waals surface area (Å²) in [4.78, 5) is 33.5. The first-order valence-corrected chi connectivity index (χ1v) is 13.7. The van der Waals surface area contributed by atoms with E-state index in [-0.39, 0.29) is 17.4 Å². The van der Waals surface area contributed by atoms with Crippen LogP contribution < -0.4 is 10.6 Å². The molecule has 2 aromatic rings. The fourth-order valence-corrected chi connectivity index (χ4v) is 6.18. The van der Waals surface area contributed by atoms with Gasteiger partial charge in [-0.15, -0.1) is 0 Å². The lowest BCUT2D eigenvalue weighted by Gasteiger charge is -2.45. The molecule has 3 atom stereocenters. The summed E-state index contributed by atoms with van der Waals surface area (Å²) in [6.07, 6.45) is 6.26. The summed E-state index contributed by atoms with van der Waals surface area (Å²) in [6.45, 7) is 2.61. The molecular formula is C27H28N4O4S. The lowest BCUT2D eigenvalue weighted by Crippen LogP contribution is -2.60. The van der Waals surface area contributed by atoms with Gasteiger partial charge in [0.05, 0.1) is 34.4 Å². The van der Waals surface area contributed by atoms with Gasteiger partial charge in [0, 0.05) is 24.2 Å². The van der Waals surface area contributed by atoms with Crippen molar-refractivity contribution in [3.05, 3.63) is 90.0 Å². The quantitative estimate of drug-likeness (QED) is 0.664. The van der Waals surface area contributed by atoms with Crippen LogP contribution in [0.25, 0.3) is 0 Å². The van der Waals surface area contributed by atoms with E-state index in [1.165, 1.54) is 0 Å². The monoisotopic (exact) mass is 504 g/mol. The highest BCUT2D eigenvalue weighted by atomic mass is 32.2. The van der Waals surface area contributed by atoms with Gasteiger partial charge in [0.15, 0.2) is 9.84 Å². The topological polar surface area (TPSA) is 108 Å². The first-order valence-electron chi connectivity index (χ1n) is 11.9. The fraction of sp³-hybridized carbons (Fsp3) is 0.296. The van der Waals surface area contributed by atoms with Crippen LogP contribution in [0.5, 0.6) is 0 Å². The summed E-state index contributed by atoms with van der Waals surface area (Å²) >= 11 is 0. The van der Waals surface area contributed by atoms with Crippen LogP contribution in [-0.2, 0) is 19.4 Å². The van der Waals surface area contributed by atoms with Crippen molar-refractivity contribution in [1.82, 2.24) is 10.2 Å². The number of benzodiazepines with no additional fused rings is 1. The number of nitrogens with zero attached hydrogens (tertiary/aromatic N) is 2. The van der Waals surface area contributed by atoms with Crippen LogP contribution >= 0.6 is 0 Å². The largest absolute Gasteiger partial charge is 0.326 e. The van der Waals surface area contributed by atoms with E-state index in [2.05, 4.69) is 10.6 Å². The number of allylic oxidation sites excluding steroid dienone is 2. The first kappa shape index (κ1) is 24.1. The van der Waals surface area contributed by atoms with Gasteiger partial charge >= 0.3 is 0 Å². The molecule has 2 N–H and O–H groups in total. The molecule has 5 rings (SSSR count). The van der Waals surface area contributed by atoms with Gasteiger partial charge in [-0.05, 0) is 13.0 Å². The van der Waals surface area contributed by atoms with E-state index >= 15 is 0 Å². The number of para-hydroxylation sites is 1. The number of sulfone groups is 1. The summed E-state index contributed by atoms with van der Waals surface area (Å²) in [6, 6.07) is 17.0. The molecule has 2 aromatic carbocycles. The minimum absolute atomic E-state index is 0.0580. The number of hydrogen-bond donors (Lipinski definition) is 2. The van der Waals surface area contributed by atoms with E-state index in [0.29, 0.717) is 24.5 Å². The number of carbonyl (C=O) groups excluding carboxylic acids is 2. The van der Waals surface area contributed by atoms with Crippen molar-refractivity contribution in [3.63, 3.8) is 0 Å². The van der Waals surface area contributed by atoms with Crippen LogP contribution in [0.4, 0.5) is 5.69 Å². The van der Waals surface area contributed by atoms with Crippen molar-refractivity contribution >= 4 is 33.1 Å². The number of aliphatic imine (C=N–C) groups is 1. The normalized spacial score (nSPS) is 27.4.